The molecular weight excluding hydrogens is 496 g/mol. The van der Waals surface area contributed by atoms with Gasteiger partial charge in [0.1, 0.15) is 12.2 Å². The zero-order valence-electron chi connectivity index (χ0n) is 21.4. The van der Waals surface area contributed by atoms with Crippen molar-refractivity contribution in [2.75, 3.05) is 9.96 Å². The summed E-state index contributed by atoms with van der Waals surface area (Å²) in [5.74, 6) is 2.55. The topological polar surface area (TPSA) is 93.2 Å². The van der Waals surface area contributed by atoms with Crippen LogP contribution >= 0.6 is 0 Å². The number of rotatable bonds is 3. The number of esters is 1. The van der Waals surface area contributed by atoms with Gasteiger partial charge in [0.25, 0.3) is 17.7 Å². The number of hydrogen-bond acceptors (Lipinski definition) is 6. The fourth-order valence-corrected chi connectivity index (χ4v) is 4.37. The smallest absolute Gasteiger partial charge is 0.338 e. The lowest BCUT2D eigenvalue weighted by molar-refractivity contribution is 0.00686. The van der Waals surface area contributed by atoms with Gasteiger partial charge in [0.15, 0.2) is 0 Å². The Hall–Kier alpha value is -5.18. The molecule has 5 rings (SSSR count). The third-order valence-corrected chi connectivity index (χ3v) is 6.12. The summed E-state index contributed by atoms with van der Waals surface area (Å²) in [5.41, 5.74) is 1.73. The summed E-state index contributed by atoms with van der Waals surface area (Å²) < 4.78 is 5.53. The molecule has 0 aliphatic carbocycles. The molecule has 0 fully saturated rings. The first-order valence-electron chi connectivity index (χ1n) is 12.0. The van der Waals surface area contributed by atoms with Crippen molar-refractivity contribution in [3.63, 3.8) is 0 Å². The van der Waals surface area contributed by atoms with Crippen molar-refractivity contribution in [1.82, 2.24) is 0 Å². The van der Waals surface area contributed by atoms with Crippen molar-refractivity contribution in [1.29, 1.82) is 0 Å². The maximum Gasteiger partial charge on any atom is 0.338 e. The van der Waals surface area contributed by atoms with Crippen LogP contribution in [0.2, 0.25) is 0 Å². The van der Waals surface area contributed by atoms with E-state index in [1.165, 1.54) is 30.3 Å². The number of ether oxygens (including phenoxy) is 1. The van der Waals surface area contributed by atoms with Crippen molar-refractivity contribution in [2.24, 2.45) is 0 Å². The highest BCUT2D eigenvalue weighted by Gasteiger charge is 2.38. The molecule has 0 bridgehead atoms. The Labute approximate surface area is 225 Å². The second-order valence-corrected chi connectivity index (χ2v) is 9.98. The number of hydroxylamine groups is 1. The molecule has 0 saturated carbocycles. The maximum absolute atomic E-state index is 13.4. The predicted octanol–water partition coefficient (Wildman–Crippen LogP) is 4.50. The van der Waals surface area contributed by atoms with Gasteiger partial charge in [0.2, 0.25) is 0 Å². The summed E-state index contributed by atoms with van der Waals surface area (Å²) in [6.07, 6.45) is 10.9. The fourth-order valence-electron chi connectivity index (χ4n) is 4.37. The number of terminal acetylenes is 2. The maximum atomic E-state index is 13.4. The Morgan fingerprint density at radius 3 is 2.10 bits per heavy atom. The van der Waals surface area contributed by atoms with Gasteiger partial charge in [-0.3, -0.25) is 19.2 Å². The predicted molar refractivity (Wildman–Crippen MR) is 143 cm³/mol. The SMILES string of the molecule is C#Cc1ccc2c(c1)CON(c1cc(C(=O)OC(C)(C)C)cc(N3C(=O)c4ccc(C#C)cc4C3=O)c1)C2=O. The highest BCUT2D eigenvalue weighted by Crippen LogP contribution is 2.35. The van der Waals surface area contributed by atoms with Crippen LogP contribution in [0.1, 0.15) is 78.9 Å². The van der Waals surface area contributed by atoms with E-state index >= 15 is 0 Å². The number of carbonyl (C=O) groups is 4. The monoisotopic (exact) mass is 518 g/mol. The minimum atomic E-state index is -0.820. The van der Waals surface area contributed by atoms with Gasteiger partial charge < -0.3 is 4.74 Å². The first kappa shape index (κ1) is 25.5. The zero-order chi connectivity index (χ0) is 28.1. The summed E-state index contributed by atoms with van der Waals surface area (Å²) in [7, 11) is 0. The lowest BCUT2D eigenvalue weighted by Gasteiger charge is -2.29. The fraction of sp³-hybridized carbons (Fsp3) is 0.161. The molecule has 3 aromatic carbocycles. The summed E-state index contributed by atoms with van der Waals surface area (Å²) in [6, 6.07) is 13.7. The van der Waals surface area contributed by atoms with Gasteiger partial charge >= 0.3 is 5.97 Å². The molecule has 8 nitrogen and oxygen atoms in total. The van der Waals surface area contributed by atoms with E-state index in [1.807, 2.05) is 0 Å². The lowest BCUT2D eigenvalue weighted by Crippen LogP contribution is -2.36. The number of benzene rings is 3. The molecule has 8 heteroatoms. The molecule has 0 N–H and O–H groups in total. The molecule has 39 heavy (non-hydrogen) atoms. The number of amides is 3. The van der Waals surface area contributed by atoms with Crippen LogP contribution in [0, 0.1) is 24.7 Å². The van der Waals surface area contributed by atoms with Gasteiger partial charge in [-0.05, 0) is 80.9 Å². The molecule has 2 heterocycles. The first-order valence-corrected chi connectivity index (χ1v) is 12.0. The van der Waals surface area contributed by atoms with E-state index in [4.69, 9.17) is 22.4 Å². The van der Waals surface area contributed by atoms with E-state index in [0.717, 1.165) is 9.96 Å². The van der Waals surface area contributed by atoms with Crippen LogP contribution in [0.5, 0.6) is 0 Å². The van der Waals surface area contributed by atoms with Crippen LogP contribution in [-0.4, -0.2) is 29.3 Å². The first-order chi connectivity index (χ1) is 18.5. The average Bonchev–Trinajstić information content (AvgIpc) is 3.16. The van der Waals surface area contributed by atoms with Crippen LogP contribution in [0.3, 0.4) is 0 Å². The molecule has 2 aliphatic rings. The van der Waals surface area contributed by atoms with Gasteiger partial charge in [-0.1, -0.05) is 11.8 Å². The van der Waals surface area contributed by atoms with E-state index in [0.29, 0.717) is 22.3 Å². The van der Waals surface area contributed by atoms with Crippen LogP contribution < -0.4 is 9.96 Å². The van der Waals surface area contributed by atoms with E-state index in [1.54, 1.807) is 45.0 Å². The molecule has 192 valence electrons. The van der Waals surface area contributed by atoms with Crippen molar-refractivity contribution < 1.29 is 28.8 Å². The van der Waals surface area contributed by atoms with Gasteiger partial charge in [-0.2, -0.15) is 5.06 Å². The van der Waals surface area contributed by atoms with Gasteiger partial charge in [-0.25, -0.2) is 9.69 Å². The largest absolute Gasteiger partial charge is 0.456 e. The van der Waals surface area contributed by atoms with Crippen molar-refractivity contribution in [3.8, 4) is 24.7 Å². The molecule has 2 aliphatic heterocycles. The van der Waals surface area contributed by atoms with E-state index in [9.17, 15) is 19.2 Å². The van der Waals surface area contributed by atoms with E-state index < -0.39 is 29.3 Å². The second-order valence-electron chi connectivity index (χ2n) is 9.98. The van der Waals surface area contributed by atoms with E-state index in [2.05, 4.69) is 11.8 Å². The highest BCUT2D eigenvalue weighted by molar-refractivity contribution is 6.34. The Morgan fingerprint density at radius 2 is 1.44 bits per heavy atom. The minimum absolute atomic E-state index is 0.0168. The summed E-state index contributed by atoms with van der Waals surface area (Å²) in [4.78, 5) is 59.8. The Kier molecular flexibility index (Phi) is 6.06. The number of nitrogens with zero attached hydrogens (tertiary/aromatic N) is 2. The normalized spacial score (nSPS) is 14.4. The van der Waals surface area contributed by atoms with E-state index in [-0.39, 0.29) is 34.7 Å². The van der Waals surface area contributed by atoms with Crippen LogP contribution in [0.25, 0.3) is 0 Å². The molecule has 0 radical (unpaired) electrons. The third kappa shape index (κ3) is 4.54. The molecule has 3 aromatic rings. The number of hydrogen-bond donors (Lipinski definition) is 0. The van der Waals surface area contributed by atoms with Gasteiger partial charge in [-0.15, -0.1) is 12.8 Å². The van der Waals surface area contributed by atoms with Crippen molar-refractivity contribution >= 4 is 35.1 Å². The number of imide groups is 1. The third-order valence-electron chi connectivity index (χ3n) is 6.12. The Balaban J connectivity index is 1.60. The Bertz CT molecular complexity index is 1680. The second kappa shape index (κ2) is 9.29. The molecule has 0 unspecified atom stereocenters. The minimum Gasteiger partial charge on any atom is -0.456 e. The van der Waals surface area contributed by atoms with Crippen molar-refractivity contribution in [2.45, 2.75) is 33.0 Å². The average molecular weight is 519 g/mol. The molecule has 0 saturated heterocycles. The van der Waals surface area contributed by atoms with Crippen LogP contribution in [0.4, 0.5) is 11.4 Å². The standard InChI is InChI=1S/C31H22N2O6/c1-6-18-8-10-24-21(12-18)17-38-33(29(24)36)23-15-20(30(37)39-31(3,4)5)14-22(16-23)32-27(34)25-11-9-19(7-2)13-26(25)28(32)35/h1-2,8-16H,17H2,3-5H3. The number of anilines is 2. The number of fused-ring (bicyclic) bond motifs is 2. The van der Waals surface area contributed by atoms with Gasteiger partial charge in [0, 0.05) is 16.7 Å². The molecule has 0 aromatic heterocycles. The quantitative estimate of drug-likeness (QED) is 0.288. The van der Waals surface area contributed by atoms with Crippen LogP contribution in [0.15, 0.2) is 54.6 Å². The Morgan fingerprint density at radius 1 is 0.821 bits per heavy atom. The molecular formula is C31H22N2O6. The highest BCUT2D eigenvalue weighted by atomic mass is 16.7. The molecule has 0 spiro atoms. The number of carbonyl (C=O) groups excluding carboxylic acids is 4. The van der Waals surface area contributed by atoms with Gasteiger partial charge in [0.05, 0.1) is 28.1 Å². The molecule has 0 atom stereocenters. The van der Waals surface area contributed by atoms with Crippen molar-refractivity contribution in [3.05, 3.63) is 93.5 Å². The lowest BCUT2D eigenvalue weighted by atomic mass is 10.0. The summed E-state index contributed by atoms with van der Waals surface area (Å²) in [6.45, 7) is 5.16. The summed E-state index contributed by atoms with van der Waals surface area (Å²) >= 11 is 0. The molecule has 3 amide bonds. The van der Waals surface area contributed by atoms with Crippen LogP contribution in [-0.2, 0) is 16.2 Å². The summed E-state index contributed by atoms with van der Waals surface area (Å²) in [5, 5.41) is 1.02. The zero-order valence-corrected chi connectivity index (χ0v) is 21.4.